The standard InChI is InChI=1S/C14H19BrN4O/c1-10-4-5-17-8-11(10)13(16-2)14-12(15)9-18-19(14)6-7-20-3/h4-5,8-9,13,16H,6-7H2,1-3H3. The molecule has 0 amide bonds. The van der Waals surface area contributed by atoms with Crippen LogP contribution in [0.2, 0.25) is 0 Å². The third kappa shape index (κ3) is 3.08. The van der Waals surface area contributed by atoms with Gasteiger partial charge in [-0.05, 0) is 47.1 Å². The molecule has 0 aliphatic carbocycles. The first-order valence-electron chi connectivity index (χ1n) is 6.47. The van der Waals surface area contributed by atoms with E-state index in [2.05, 4.69) is 38.3 Å². The number of hydrogen-bond acceptors (Lipinski definition) is 4. The van der Waals surface area contributed by atoms with Gasteiger partial charge in [0.1, 0.15) is 0 Å². The molecule has 1 unspecified atom stereocenters. The summed E-state index contributed by atoms with van der Waals surface area (Å²) in [6.45, 7) is 3.43. The Kier molecular flexibility index (Phi) is 5.28. The van der Waals surface area contributed by atoms with Gasteiger partial charge in [-0.3, -0.25) is 9.67 Å². The zero-order chi connectivity index (χ0) is 14.5. The van der Waals surface area contributed by atoms with Gasteiger partial charge in [-0.2, -0.15) is 5.10 Å². The molecular weight excluding hydrogens is 320 g/mol. The summed E-state index contributed by atoms with van der Waals surface area (Å²) in [6, 6.07) is 2.06. The van der Waals surface area contributed by atoms with Crippen LogP contribution in [-0.4, -0.2) is 35.5 Å². The second kappa shape index (κ2) is 6.97. The average molecular weight is 339 g/mol. The van der Waals surface area contributed by atoms with Crippen molar-refractivity contribution < 1.29 is 4.74 Å². The molecule has 0 aliphatic rings. The maximum absolute atomic E-state index is 5.14. The van der Waals surface area contributed by atoms with Gasteiger partial charge in [-0.1, -0.05) is 0 Å². The number of aryl methyl sites for hydroxylation is 1. The molecule has 0 spiro atoms. The van der Waals surface area contributed by atoms with Crippen LogP contribution in [0, 0.1) is 6.92 Å². The second-order valence-electron chi connectivity index (χ2n) is 4.55. The highest BCUT2D eigenvalue weighted by atomic mass is 79.9. The molecule has 1 atom stereocenters. The molecule has 0 saturated heterocycles. The summed E-state index contributed by atoms with van der Waals surface area (Å²) < 4.78 is 8.09. The Hall–Kier alpha value is -1.24. The number of aromatic nitrogens is 3. The Morgan fingerprint density at radius 1 is 1.45 bits per heavy atom. The van der Waals surface area contributed by atoms with Crippen molar-refractivity contribution in [3.8, 4) is 0 Å². The topological polar surface area (TPSA) is 52.0 Å². The van der Waals surface area contributed by atoms with Crippen LogP contribution >= 0.6 is 15.9 Å². The van der Waals surface area contributed by atoms with Gasteiger partial charge >= 0.3 is 0 Å². The summed E-state index contributed by atoms with van der Waals surface area (Å²) in [5.41, 5.74) is 3.43. The van der Waals surface area contributed by atoms with E-state index in [1.165, 1.54) is 5.56 Å². The van der Waals surface area contributed by atoms with Crippen molar-refractivity contribution in [1.82, 2.24) is 20.1 Å². The number of rotatable bonds is 6. The summed E-state index contributed by atoms with van der Waals surface area (Å²) >= 11 is 3.59. The van der Waals surface area contributed by atoms with Crippen molar-refractivity contribution in [2.45, 2.75) is 19.5 Å². The molecule has 2 rings (SSSR count). The smallest absolute Gasteiger partial charge is 0.0775 e. The van der Waals surface area contributed by atoms with E-state index in [0.29, 0.717) is 6.61 Å². The van der Waals surface area contributed by atoms with Gasteiger partial charge < -0.3 is 10.1 Å². The minimum absolute atomic E-state index is 0.0393. The molecule has 5 nitrogen and oxygen atoms in total. The van der Waals surface area contributed by atoms with Gasteiger partial charge in [-0.25, -0.2) is 0 Å². The highest BCUT2D eigenvalue weighted by Gasteiger charge is 2.22. The van der Waals surface area contributed by atoms with Gasteiger partial charge in [0.05, 0.1) is 35.6 Å². The minimum atomic E-state index is 0.0393. The Morgan fingerprint density at radius 2 is 2.25 bits per heavy atom. The molecule has 0 aliphatic heterocycles. The normalized spacial score (nSPS) is 12.6. The van der Waals surface area contributed by atoms with Crippen LogP contribution < -0.4 is 5.32 Å². The van der Waals surface area contributed by atoms with Crippen molar-refractivity contribution in [1.29, 1.82) is 0 Å². The van der Waals surface area contributed by atoms with E-state index in [1.807, 2.05) is 36.4 Å². The number of nitrogens with zero attached hydrogens (tertiary/aromatic N) is 3. The number of pyridine rings is 1. The Morgan fingerprint density at radius 3 is 2.90 bits per heavy atom. The first-order chi connectivity index (χ1) is 9.69. The largest absolute Gasteiger partial charge is 0.383 e. The fourth-order valence-electron chi connectivity index (χ4n) is 2.23. The zero-order valence-corrected chi connectivity index (χ0v) is 13.5. The lowest BCUT2D eigenvalue weighted by Gasteiger charge is -2.20. The minimum Gasteiger partial charge on any atom is -0.383 e. The molecular formula is C14H19BrN4O. The number of nitrogens with one attached hydrogen (secondary N) is 1. The predicted molar refractivity (Wildman–Crippen MR) is 81.7 cm³/mol. The van der Waals surface area contributed by atoms with E-state index in [0.717, 1.165) is 22.3 Å². The Labute approximate surface area is 127 Å². The van der Waals surface area contributed by atoms with Crippen molar-refractivity contribution in [2.24, 2.45) is 0 Å². The summed E-state index contributed by atoms with van der Waals surface area (Å²) in [5, 5.41) is 7.75. The van der Waals surface area contributed by atoms with Gasteiger partial charge in [0.25, 0.3) is 0 Å². The van der Waals surface area contributed by atoms with Crippen molar-refractivity contribution in [3.05, 3.63) is 46.0 Å². The number of ether oxygens (including phenoxy) is 1. The monoisotopic (exact) mass is 338 g/mol. The molecule has 0 saturated carbocycles. The average Bonchev–Trinajstić information content (AvgIpc) is 2.81. The van der Waals surface area contributed by atoms with Crippen LogP contribution in [0.15, 0.2) is 29.1 Å². The zero-order valence-electron chi connectivity index (χ0n) is 11.9. The third-order valence-electron chi connectivity index (χ3n) is 3.29. The van der Waals surface area contributed by atoms with Crippen molar-refractivity contribution in [2.75, 3.05) is 20.8 Å². The van der Waals surface area contributed by atoms with Crippen LogP contribution in [0.1, 0.15) is 22.9 Å². The first kappa shape index (κ1) is 15.2. The lowest BCUT2D eigenvalue weighted by molar-refractivity contribution is 0.182. The van der Waals surface area contributed by atoms with Gasteiger partial charge in [0.15, 0.2) is 0 Å². The third-order valence-corrected chi connectivity index (χ3v) is 3.90. The van der Waals surface area contributed by atoms with E-state index in [1.54, 1.807) is 7.11 Å². The van der Waals surface area contributed by atoms with Gasteiger partial charge in [-0.15, -0.1) is 0 Å². The highest BCUT2D eigenvalue weighted by molar-refractivity contribution is 9.10. The maximum Gasteiger partial charge on any atom is 0.0775 e. The summed E-state index contributed by atoms with van der Waals surface area (Å²) in [7, 11) is 3.64. The first-order valence-corrected chi connectivity index (χ1v) is 7.26. The van der Waals surface area contributed by atoms with Crippen LogP contribution in [0.4, 0.5) is 0 Å². The lowest BCUT2D eigenvalue weighted by Crippen LogP contribution is -2.24. The Balaban J connectivity index is 2.42. The summed E-state index contributed by atoms with van der Waals surface area (Å²) in [5.74, 6) is 0. The lowest BCUT2D eigenvalue weighted by atomic mass is 10.0. The van der Waals surface area contributed by atoms with Crippen LogP contribution in [0.3, 0.4) is 0 Å². The van der Waals surface area contributed by atoms with Crippen molar-refractivity contribution in [3.63, 3.8) is 0 Å². The molecule has 1 N–H and O–H groups in total. The fourth-order valence-corrected chi connectivity index (χ4v) is 2.76. The molecule has 0 bridgehead atoms. The van der Waals surface area contributed by atoms with E-state index >= 15 is 0 Å². The number of hydrogen-bond donors (Lipinski definition) is 1. The molecule has 2 heterocycles. The van der Waals surface area contributed by atoms with Gasteiger partial charge in [0.2, 0.25) is 0 Å². The van der Waals surface area contributed by atoms with E-state index in [9.17, 15) is 0 Å². The number of halogens is 1. The number of methoxy groups -OCH3 is 1. The van der Waals surface area contributed by atoms with Gasteiger partial charge in [0, 0.05) is 19.5 Å². The summed E-state index contributed by atoms with van der Waals surface area (Å²) in [4.78, 5) is 4.24. The highest BCUT2D eigenvalue weighted by Crippen LogP contribution is 2.29. The van der Waals surface area contributed by atoms with E-state index in [4.69, 9.17) is 4.74 Å². The van der Waals surface area contributed by atoms with Crippen molar-refractivity contribution >= 4 is 15.9 Å². The van der Waals surface area contributed by atoms with Crippen LogP contribution in [0.5, 0.6) is 0 Å². The quantitative estimate of drug-likeness (QED) is 0.878. The maximum atomic E-state index is 5.14. The SMILES string of the molecule is CNC(c1cnccc1C)c1c(Br)cnn1CCOC. The molecule has 6 heteroatoms. The van der Waals surface area contributed by atoms with E-state index < -0.39 is 0 Å². The van der Waals surface area contributed by atoms with Crippen LogP contribution in [0.25, 0.3) is 0 Å². The predicted octanol–water partition coefficient (Wildman–Crippen LogP) is 2.30. The molecule has 20 heavy (non-hydrogen) atoms. The van der Waals surface area contributed by atoms with E-state index in [-0.39, 0.29) is 6.04 Å². The molecule has 2 aromatic rings. The molecule has 0 fully saturated rings. The fraction of sp³-hybridized carbons (Fsp3) is 0.429. The summed E-state index contributed by atoms with van der Waals surface area (Å²) in [6.07, 6.45) is 5.53. The second-order valence-corrected chi connectivity index (χ2v) is 5.40. The molecule has 0 aromatic carbocycles. The molecule has 0 radical (unpaired) electrons. The Bertz CT molecular complexity index is 570. The molecule has 2 aromatic heterocycles. The molecule has 108 valence electrons. The van der Waals surface area contributed by atoms with Crippen LogP contribution in [-0.2, 0) is 11.3 Å².